The number of fused-ring (bicyclic) bond motifs is 1. The van der Waals surface area contributed by atoms with Crippen LogP contribution >= 0.6 is 0 Å². The molecule has 2 aromatic rings. The quantitative estimate of drug-likeness (QED) is 0.581. The molecule has 2 aromatic carbocycles. The molecule has 35 heavy (non-hydrogen) atoms. The molecule has 1 aliphatic carbocycles. The summed E-state index contributed by atoms with van der Waals surface area (Å²) < 4.78 is 39.4. The minimum atomic E-state index is -1.25. The topological polar surface area (TPSA) is 66.0 Å². The Morgan fingerprint density at radius 3 is 2.49 bits per heavy atom. The zero-order chi connectivity index (χ0) is 25.2. The van der Waals surface area contributed by atoms with Crippen LogP contribution in [0.15, 0.2) is 48.5 Å². The maximum absolute atomic E-state index is 14.4. The van der Waals surface area contributed by atoms with Gasteiger partial charge in [-0.25, -0.2) is 4.39 Å². The Bertz CT molecular complexity index is 1020. The van der Waals surface area contributed by atoms with Gasteiger partial charge in [0.25, 0.3) is 5.91 Å². The van der Waals surface area contributed by atoms with E-state index >= 15 is 0 Å². The highest BCUT2D eigenvalue weighted by Gasteiger charge is 2.58. The van der Waals surface area contributed by atoms with Crippen LogP contribution in [0.25, 0.3) is 0 Å². The fourth-order valence-corrected chi connectivity index (χ4v) is 4.82. The Balaban J connectivity index is 1.61. The van der Waals surface area contributed by atoms with Gasteiger partial charge in [-0.15, -0.1) is 0 Å². The number of rotatable bonds is 8. The van der Waals surface area contributed by atoms with Gasteiger partial charge in [-0.2, -0.15) is 0 Å². The maximum atomic E-state index is 14.4. The first-order chi connectivity index (χ1) is 16.6. The zero-order valence-corrected chi connectivity index (χ0v) is 21.2. The van der Waals surface area contributed by atoms with E-state index in [0.717, 1.165) is 5.56 Å². The van der Waals surface area contributed by atoms with Gasteiger partial charge in [-0.05, 0) is 46.2 Å². The van der Waals surface area contributed by atoms with Gasteiger partial charge in [-0.1, -0.05) is 48.0 Å². The number of amides is 1. The summed E-state index contributed by atoms with van der Waals surface area (Å²) in [5.41, 5.74) is 1.34. The molecule has 2 aliphatic rings. The number of carbonyl (C=O) groups excluding carboxylic acids is 1. The van der Waals surface area contributed by atoms with Crippen molar-refractivity contribution in [3.8, 4) is 0 Å². The summed E-state index contributed by atoms with van der Waals surface area (Å²) in [6, 6.07) is 14.5. The number of ether oxygens (including phenoxy) is 4. The van der Waals surface area contributed by atoms with Crippen LogP contribution in [0.1, 0.15) is 57.2 Å². The summed E-state index contributed by atoms with van der Waals surface area (Å²) in [6.45, 7) is 9.89. The first-order valence-electron chi connectivity index (χ1n) is 12.3. The van der Waals surface area contributed by atoms with E-state index in [1.165, 1.54) is 11.6 Å². The zero-order valence-electron chi connectivity index (χ0n) is 21.2. The summed E-state index contributed by atoms with van der Waals surface area (Å²) in [7, 11) is 0. The van der Waals surface area contributed by atoms with Gasteiger partial charge in [0.15, 0.2) is 11.4 Å². The van der Waals surface area contributed by atoms with Crippen LogP contribution < -0.4 is 5.32 Å². The molecule has 1 amide bonds. The van der Waals surface area contributed by atoms with Crippen molar-refractivity contribution in [2.24, 2.45) is 0 Å². The first kappa shape index (κ1) is 25.8. The number of hydrogen-bond donors (Lipinski definition) is 1. The molecule has 0 radical (unpaired) electrons. The molecule has 1 saturated carbocycles. The van der Waals surface area contributed by atoms with Crippen molar-refractivity contribution in [2.45, 2.75) is 96.4 Å². The summed E-state index contributed by atoms with van der Waals surface area (Å²) in [4.78, 5) is 13.6. The van der Waals surface area contributed by atoms with Crippen LogP contribution in [0.2, 0.25) is 0 Å². The van der Waals surface area contributed by atoms with E-state index in [2.05, 4.69) is 5.32 Å². The molecule has 1 heterocycles. The molecular formula is C28H36FNO5. The summed E-state index contributed by atoms with van der Waals surface area (Å²) in [5, 5.41) is 3.00. The molecule has 7 heteroatoms. The Hall–Kier alpha value is -2.32. The highest BCUT2D eigenvalue weighted by Crippen LogP contribution is 2.44. The molecule has 1 saturated heterocycles. The molecule has 0 spiro atoms. The van der Waals surface area contributed by atoms with Crippen molar-refractivity contribution < 1.29 is 28.1 Å². The third-order valence-corrected chi connectivity index (χ3v) is 6.53. The van der Waals surface area contributed by atoms with Crippen molar-refractivity contribution in [1.82, 2.24) is 5.32 Å². The summed E-state index contributed by atoms with van der Waals surface area (Å²) in [6.07, 6.45) is -0.631. The fraction of sp³-hybridized carbons (Fsp3) is 0.536. The lowest BCUT2D eigenvalue weighted by molar-refractivity contribution is -0.184. The molecule has 190 valence electrons. The molecule has 0 aromatic heterocycles. The third-order valence-electron chi connectivity index (χ3n) is 6.53. The van der Waals surface area contributed by atoms with Crippen molar-refractivity contribution in [3.05, 3.63) is 71.0 Å². The molecule has 2 fully saturated rings. The fourth-order valence-electron chi connectivity index (χ4n) is 4.82. The van der Waals surface area contributed by atoms with E-state index in [9.17, 15) is 9.18 Å². The number of halogens is 1. The molecular weight excluding hydrogens is 449 g/mol. The number of hydrogen-bond acceptors (Lipinski definition) is 5. The summed E-state index contributed by atoms with van der Waals surface area (Å²) in [5.74, 6) is -1.43. The van der Waals surface area contributed by atoms with Crippen LogP contribution in [0.5, 0.6) is 0 Å². The van der Waals surface area contributed by atoms with Gasteiger partial charge >= 0.3 is 0 Å². The monoisotopic (exact) mass is 485 g/mol. The molecule has 1 unspecified atom stereocenters. The largest absolute Gasteiger partial charge is 0.371 e. The highest BCUT2D eigenvalue weighted by atomic mass is 19.1. The molecule has 0 bridgehead atoms. The normalized spacial score (nSPS) is 27.6. The third kappa shape index (κ3) is 6.09. The van der Waals surface area contributed by atoms with Crippen molar-refractivity contribution in [2.75, 3.05) is 0 Å². The predicted molar refractivity (Wildman–Crippen MR) is 130 cm³/mol. The number of carbonyl (C=O) groups is 1. The standard InChI is InChI=1S/C28H36FNO5/c1-18(2)30-26(31)28(33-17-21-8-6-7-9-22(21)29)14-23(25-24(15-28)34-27(4,5)35-25)32-16-20-12-10-19(3)11-13-20/h6-13,18,23-25H,14-17H2,1-5H3,(H,30,31)/t23?,24-,25+,28-/m1/s1. The molecule has 1 N–H and O–H groups in total. The highest BCUT2D eigenvalue weighted by molar-refractivity contribution is 5.85. The van der Waals surface area contributed by atoms with Crippen molar-refractivity contribution in [3.63, 3.8) is 0 Å². The summed E-state index contributed by atoms with van der Waals surface area (Å²) >= 11 is 0. The molecule has 1 aliphatic heterocycles. The van der Waals surface area contributed by atoms with E-state index in [-0.39, 0.29) is 36.9 Å². The second-order valence-electron chi connectivity index (χ2n) is 10.4. The Labute approximate surface area is 207 Å². The van der Waals surface area contributed by atoms with E-state index < -0.39 is 23.6 Å². The van der Waals surface area contributed by atoms with Gasteiger partial charge in [0.2, 0.25) is 0 Å². The van der Waals surface area contributed by atoms with Crippen LogP contribution in [0.4, 0.5) is 4.39 Å². The predicted octanol–water partition coefficient (Wildman–Crippen LogP) is 4.81. The van der Waals surface area contributed by atoms with E-state index in [4.69, 9.17) is 18.9 Å². The van der Waals surface area contributed by atoms with Gasteiger partial charge < -0.3 is 24.3 Å². The van der Waals surface area contributed by atoms with Crippen LogP contribution in [-0.4, -0.2) is 41.6 Å². The second kappa shape index (κ2) is 10.3. The SMILES string of the molecule is Cc1ccc(COC2C[C@](OCc3ccccc3F)(C(=O)NC(C)C)C[C@H]3OC(C)(C)O[C@@H]23)cc1. The van der Waals surface area contributed by atoms with Crippen molar-refractivity contribution >= 4 is 5.91 Å². The van der Waals surface area contributed by atoms with Gasteiger partial charge in [0.1, 0.15) is 11.9 Å². The van der Waals surface area contributed by atoms with Crippen LogP contribution in [-0.2, 0) is 37.0 Å². The minimum Gasteiger partial charge on any atom is -0.371 e. The lowest BCUT2D eigenvalue weighted by Gasteiger charge is -2.43. The number of nitrogens with one attached hydrogen (secondary N) is 1. The lowest BCUT2D eigenvalue weighted by atomic mass is 9.78. The lowest BCUT2D eigenvalue weighted by Crippen LogP contribution is -2.60. The Morgan fingerprint density at radius 2 is 1.80 bits per heavy atom. The van der Waals surface area contributed by atoms with Gasteiger partial charge in [0.05, 0.1) is 25.4 Å². The minimum absolute atomic E-state index is 0.0372. The number of aryl methyl sites for hydroxylation is 1. The first-order valence-corrected chi connectivity index (χ1v) is 12.3. The van der Waals surface area contributed by atoms with E-state index in [0.29, 0.717) is 18.6 Å². The average molecular weight is 486 g/mol. The van der Waals surface area contributed by atoms with Crippen molar-refractivity contribution in [1.29, 1.82) is 0 Å². The molecule has 6 nitrogen and oxygen atoms in total. The smallest absolute Gasteiger partial charge is 0.252 e. The van der Waals surface area contributed by atoms with Crippen LogP contribution in [0, 0.1) is 12.7 Å². The average Bonchev–Trinajstić information content (AvgIpc) is 3.11. The Kier molecular flexibility index (Phi) is 7.62. The Morgan fingerprint density at radius 1 is 1.09 bits per heavy atom. The maximum Gasteiger partial charge on any atom is 0.252 e. The number of benzene rings is 2. The van der Waals surface area contributed by atoms with E-state index in [1.807, 2.05) is 58.9 Å². The van der Waals surface area contributed by atoms with Gasteiger partial charge in [-0.3, -0.25) is 4.79 Å². The molecule has 4 atom stereocenters. The van der Waals surface area contributed by atoms with Gasteiger partial charge in [0, 0.05) is 24.4 Å². The molecule has 4 rings (SSSR count). The van der Waals surface area contributed by atoms with E-state index in [1.54, 1.807) is 18.2 Å². The van der Waals surface area contributed by atoms with Crippen LogP contribution in [0.3, 0.4) is 0 Å². The second-order valence-corrected chi connectivity index (χ2v) is 10.4.